The predicted molar refractivity (Wildman–Crippen MR) is 77.6 cm³/mol. The number of nitrogens with zero attached hydrogens (tertiary/aromatic N) is 2. The fourth-order valence-electron chi connectivity index (χ4n) is 1.86. The highest BCUT2D eigenvalue weighted by Crippen LogP contribution is 2.15. The van der Waals surface area contributed by atoms with E-state index >= 15 is 0 Å². The van der Waals surface area contributed by atoms with Crippen molar-refractivity contribution in [3.8, 4) is 0 Å². The van der Waals surface area contributed by atoms with Gasteiger partial charge in [-0.1, -0.05) is 0 Å². The summed E-state index contributed by atoms with van der Waals surface area (Å²) in [5.41, 5.74) is 5.87. The number of hydrogen-bond acceptors (Lipinski definition) is 6. The summed E-state index contributed by atoms with van der Waals surface area (Å²) in [5, 5.41) is 0. The smallest absolute Gasteiger partial charge is 0.244 e. The van der Waals surface area contributed by atoms with Gasteiger partial charge in [0, 0.05) is 50.1 Å². The van der Waals surface area contributed by atoms with Crippen molar-refractivity contribution in [1.82, 2.24) is 14.6 Å². The third-order valence-electron chi connectivity index (χ3n) is 2.93. The van der Waals surface area contributed by atoms with E-state index in [9.17, 15) is 8.42 Å². The van der Waals surface area contributed by atoms with Crippen molar-refractivity contribution in [2.24, 2.45) is 0 Å². The lowest BCUT2D eigenvalue weighted by molar-refractivity contribution is 0.307. The minimum absolute atomic E-state index is 0.0456. The van der Waals surface area contributed by atoms with Crippen LogP contribution < -0.4 is 10.5 Å². The van der Waals surface area contributed by atoms with Gasteiger partial charge < -0.3 is 10.6 Å². The zero-order valence-electron chi connectivity index (χ0n) is 10.6. The lowest BCUT2D eigenvalue weighted by Gasteiger charge is -2.25. The monoisotopic (exact) mass is 302 g/mol. The van der Waals surface area contributed by atoms with Crippen LogP contribution in [-0.2, 0) is 10.0 Å². The van der Waals surface area contributed by atoms with E-state index in [1.807, 2.05) is 11.8 Å². The molecule has 1 saturated heterocycles. The molecule has 0 aliphatic carbocycles. The summed E-state index contributed by atoms with van der Waals surface area (Å²) in [5.74, 6) is 2.23. The normalized spacial score (nSPS) is 17.5. The molecule has 0 unspecified atom stereocenters. The SMILES string of the molecule is Nc1ccncc1S(=O)(=O)NCCN1CCSCC1. The molecule has 19 heavy (non-hydrogen) atoms. The molecular weight excluding hydrogens is 284 g/mol. The van der Waals surface area contributed by atoms with Crippen LogP contribution in [0, 0.1) is 0 Å². The van der Waals surface area contributed by atoms with Crippen molar-refractivity contribution in [2.75, 3.05) is 43.4 Å². The van der Waals surface area contributed by atoms with Crippen LogP contribution in [-0.4, -0.2) is 56.0 Å². The minimum Gasteiger partial charge on any atom is -0.398 e. The molecule has 1 aliphatic heterocycles. The van der Waals surface area contributed by atoms with Crippen molar-refractivity contribution in [3.05, 3.63) is 18.5 Å². The van der Waals surface area contributed by atoms with E-state index < -0.39 is 10.0 Å². The van der Waals surface area contributed by atoms with E-state index in [-0.39, 0.29) is 10.6 Å². The summed E-state index contributed by atoms with van der Waals surface area (Å²) in [4.78, 5) is 6.10. The van der Waals surface area contributed by atoms with Crippen LogP contribution in [0.3, 0.4) is 0 Å². The summed E-state index contributed by atoms with van der Waals surface area (Å²) < 4.78 is 26.6. The zero-order chi connectivity index (χ0) is 13.7. The lowest BCUT2D eigenvalue weighted by atomic mass is 10.4. The second-order valence-electron chi connectivity index (χ2n) is 4.27. The Kier molecular flexibility index (Phi) is 5.03. The Morgan fingerprint density at radius 3 is 2.84 bits per heavy atom. The zero-order valence-corrected chi connectivity index (χ0v) is 12.2. The largest absolute Gasteiger partial charge is 0.398 e. The molecule has 2 heterocycles. The van der Waals surface area contributed by atoms with Crippen molar-refractivity contribution < 1.29 is 8.42 Å². The van der Waals surface area contributed by atoms with E-state index in [4.69, 9.17) is 5.73 Å². The molecule has 6 nitrogen and oxygen atoms in total. The molecule has 0 saturated carbocycles. The van der Waals surface area contributed by atoms with E-state index in [1.54, 1.807) is 0 Å². The van der Waals surface area contributed by atoms with Gasteiger partial charge in [0.25, 0.3) is 0 Å². The summed E-state index contributed by atoms with van der Waals surface area (Å²) >= 11 is 1.93. The van der Waals surface area contributed by atoms with Gasteiger partial charge in [-0.3, -0.25) is 4.98 Å². The van der Waals surface area contributed by atoms with Gasteiger partial charge in [-0.15, -0.1) is 0 Å². The van der Waals surface area contributed by atoms with E-state index in [0.29, 0.717) is 6.54 Å². The van der Waals surface area contributed by atoms with Crippen LogP contribution in [0.5, 0.6) is 0 Å². The van der Waals surface area contributed by atoms with Gasteiger partial charge in [0.2, 0.25) is 10.0 Å². The van der Waals surface area contributed by atoms with E-state index in [1.165, 1.54) is 18.5 Å². The molecule has 2 rings (SSSR count). The second-order valence-corrected chi connectivity index (χ2v) is 7.23. The lowest BCUT2D eigenvalue weighted by Crippen LogP contribution is -2.39. The first kappa shape index (κ1) is 14.6. The molecule has 3 N–H and O–H groups in total. The maximum Gasteiger partial charge on any atom is 0.244 e. The van der Waals surface area contributed by atoms with Gasteiger partial charge in [0.15, 0.2) is 0 Å². The van der Waals surface area contributed by atoms with Crippen LogP contribution in [0.1, 0.15) is 0 Å². The number of hydrogen-bond donors (Lipinski definition) is 2. The highest BCUT2D eigenvalue weighted by molar-refractivity contribution is 7.99. The van der Waals surface area contributed by atoms with Crippen LogP contribution in [0.25, 0.3) is 0 Å². The number of pyridine rings is 1. The Hall–Kier alpha value is -0.830. The Bertz CT molecular complexity index is 515. The van der Waals surface area contributed by atoms with Gasteiger partial charge in [-0.05, 0) is 6.07 Å². The summed E-state index contributed by atoms with van der Waals surface area (Å²) in [7, 11) is -3.56. The number of aromatic nitrogens is 1. The topological polar surface area (TPSA) is 88.3 Å². The average Bonchev–Trinajstić information content (AvgIpc) is 2.40. The Labute approximate surface area is 117 Å². The van der Waals surface area contributed by atoms with E-state index in [2.05, 4.69) is 14.6 Å². The molecular formula is C11H18N4O2S2. The number of sulfonamides is 1. The number of nitrogens with one attached hydrogen (secondary N) is 1. The van der Waals surface area contributed by atoms with Crippen molar-refractivity contribution in [3.63, 3.8) is 0 Å². The molecule has 1 aromatic rings. The Balaban J connectivity index is 1.89. The van der Waals surface area contributed by atoms with Gasteiger partial charge in [-0.2, -0.15) is 11.8 Å². The highest BCUT2D eigenvalue weighted by Gasteiger charge is 2.18. The first-order valence-electron chi connectivity index (χ1n) is 6.09. The van der Waals surface area contributed by atoms with Crippen molar-refractivity contribution >= 4 is 27.5 Å². The predicted octanol–water partition coefficient (Wildman–Crippen LogP) is -0.00910. The summed E-state index contributed by atoms with van der Waals surface area (Å²) in [6.45, 7) is 3.14. The first-order chi connectivity index (χ1) is 9.09. The molecule has 0 aromatic carbocycles. The summed E-state index contributed by atoms with van der Waals surface area (Å²) in [6.07, 6.45) is 2.74. The Morgan fingerprint density at radius 2 is 2.16 bits per heavy atom. The van der Waals surface area contributed by atoms with Gasteiger partial charge >= 0.3 is 0 Å². The van der Waals surface area contributed by atoms with Gasteiger partial charge in [0.1, 0.15) is 4.90 Å². The van der Waals surface area contributed by atoms with Gasteiger partial charge in [0.05, 0.1) is 5.69 Å². The maximum atomic E-state index is 12.0. The molecule has 0 amide bonds. The molecule has 0 spiro atoms. The highest BCUT2D eigenvalue weighted by atomic mass is 32.2. The number of anilines is 1. The fraction of sp³-hybridized carbons (Fsp3) is 0.545. The molecule has 106 valence electrons. The quantitative estimate of drug-likeness (QED) is 0.795. The van der Waals surface area contributed by atoms with Crippen LogP contribution in [0.4, 0.5) is 5.69 Å². The van der Waals surface area contributed by atoms with Crippen molar-refractivity contribution in [2.45, 2.75) is 4.90 Å². The number of nitrogen functional groups attached to an aromatic ring is 1. The molecule has 0 bridgehead atoms. The number of thioether (sulfide) groups is 1. The van der Waals surface area contributed by atoms with Crippen LogP contribution >= 0.6 is 11.8 Å². The number of rotatable bonds is 5. The Morgan fingerprint density at radius 1 is 1.42 bits per heavy atom. The average molecular weight is 302 g/mol. The number of nitrogens with two attached hydrogens (primary N) is 1. The van der Waals surface area contributed by atoms with Crippen molar-refractivity contribution in [1.29, 1.82) is 0 Å². The minimum atomic E-state index is -3.56. The van der Waals surface area contributed by atoms with Gasteiger partial charge in [-0.25, -0.2) is 13.1 Å². The molecule has 1 fully saturated rings. The van der Waals surface area contributed by atoms with Crippen LogP contribution in [0.2, 0.25) is 0 Å². The molecule has 1 aromatic heterocycles. The standard InChI is InChI=1S/C11H18N4O2S2/c12-10-1-2-13-9-11(10)19(16,17)14-3-4-15-5-7-18-8-6-15/h1-2,9,14H,3-8H2,(H2,12,13). The first-order valence-corrected chi connectivity index (χ1v) is 8.72. The van der Waals surface area contributed by atoms with Crippen LogP contribution in [0.15, 0.2) is 23.4 Å². The molecule has 8 heteroatoms. The molecule has 0 atom stereocenters. The second kappa shape index (κ2) is 6.56. The maximum absolute atomic E-state index is 12.0. The van der Waals surface area contributed by atoms with E-state index in [0.717, 1.165) is 31.1 Å². The third-order valence-corrected chi connectivity index (χ3v) is 5.38. The fourth-order valence-corrected chi connectivity index (χ4v) is 3.93. The third kappa shape index (κ3) is 4.07. The summed E-state index contributed by atoms with van der Waals surface area (Å²) in [6, 6.07) is 1.48. The molecule has 0 radical (unpaired) electrons. The molecule has 1 aliphatic rings.